The second kappa shape index (κ2) is 4.41. The summed E-state index contributed by atoms with van der Waals surface area (Å²) < 4.78 is 2.44. The molecule has 18 heavy (non-hydrogen) atoms. The van der Waals surface area contributed by atoms with E-state index in [-0.39, 0.29) is 0 Å². The fourth-order valence-corrected chi connectivity index (χ4v) is 3.80. The number of nitrogen functional groups attached to an aromatic ring is 1. The van der Waals surface area contributed by atoms with Crippen LogP contribution in [-0.4, -0.2) is 0 Å². The molecular weight excluding hydrogens is 306 g/mol. The molecule has 3 heteroatoms. The molecule has 0 saturated heterocycles. The summed E-state index contributed by atoms with van der Waals surface area (Å²) >= 11 is 5.36. The van der Waals surface area contributed by atoms with E-state index in [0.717, 1.165) is 15.7 Å². The van der Waals surface area contributed by atoms with Gasteiger partial charge in [0.2, 0.25) is 0 Å². The lowest BCUT2D eigenvalue weighted by Crippen LogP contribution is -1.91. The summed E-state index contributed by atoms with van der Waals surface area (Å²) in [7, 11) is 0. The van der Waals surface area contributed by atoms with Crippen molar-refractivity contribution in [2.75, 3.05) is 5.73 Å². The minimum atomic E-state index is 0.849. The summed E-state index contributed by atoms with van der Waals surface area (Å²) in [5.74, 6) is 0. The standard InChI is InChI=1S/C15H12BrNS/c1-9-10(4-3-7-14(9)17)12-8-18-15-11(12)5-2-6-13(15)16/h2-8H,17H2,1H3. The zero-order valence-corrected chi connectivity index (χ0v) is 12.3. The van der Waals surface area contributed by atoms with E-state index in [1.807, 2.05) is 12.1 Å². The van der Waals surface area contributed by atoms with Crippen molar-refractivity contribution in [3.8, 4) is 11.1 Å². The highest BCUT2D eigenvalue weighted by Crippen LogP contribution is 2.39. The molecule has 0 aliphatic carbocycles. The van der Waals surface area contributed by atoms with Gasteiger partial charge in [-0.25, -0.2) is 0 Å². The zero-order valence-electron chi connectivity index (χ0n) is 9.91. The number of hydrogen-bond acceptors (Lipinski definition) is 2. The first kappa shape index (κ1) is 11.8. The van der Waals surface area contributed by atoms with Crippen molar-refractivity contribution in [1.82, 2.24) is 0 Å². The van der Waals surface area contributed by atoms with E-state index in [1.54, 1.807) is 11.3 Å². The van der Waals surface area contributed by atoms with E-state index in [1.165, 1.54) is 21.2 Å². The highest BCUT2D eigenvalue weighted by Gasteiger charge is 2.11. The van der Waals surface area contributed by atoms with Gasteiger partial charge < -0.3 is 5.73 Å². The molecule has 1 heterocycles. The molecule has 0 aliphatic heterocycles. The lowest BCUT2D eigenvalue weighted by Gasteiger charge is -2.07. The molecule has 0 aliphatic rings. The van der Waals surface area contributed by atoms with Crippen LogP contribution in [0.25, 0.3) is 21.2 Å². The van der Waals surface area contributed by atoms with Gasteiger partial charge in [-0.15, -0.1) is 11.3 Å². The van der Waals surface area contributed by atoms with Crippen molar-refractivity contribution < 1.29 is 0 Å². The molecule has 2 N–H and O–H groups in total. The predicted molar refractivity (Wildman–Crippen MR) is 84.1 cm³/mol. The van der Waals surface area contributed by atoms with Crippen LogP contribution in [0.4, 0.5) is 5.69 Å². The Labute approximate surface area is 118 Å². The van der Waals surface area contributed by atoms with Crippen molar-refractivity contribution >= 4 is 43.0 Å². The first-order chi connectivity index (χ1) is 8.68. The molecule has 0 bridgehead atoms. The summed E-state index contributed by atoms with van der Waals surface area (Å²) in [6.07, 6.45) is 0. The maximum atomic E-state index is 5.99. The van der Waals surface area contributed by atoms with Crippen LogP contribution in [-0.2, 0) is 0 Å². The Bertz CT molecular complexity index is 730. The maximum Gasteiger partial charge on any atom is 0.0491 e. The molecule has 0 saturated carbocycles. The number of anilines is 1. The minimum absolute atomic E-state index is 0.849. The monoisotopic (exact) mass is 317 g/mol. The van der Waals surface area contributed by atoms with Gasteiger partial charge in [-0.2, -0.15) is 0 Å². The zero-order chi connectivity index (χ0) is 12.7. The smallest absolute Gasteiger partial charge is 0.0491 e. The molecule has 0 spiro atoms. The third kappa shape index (κ3) is 1.74. The molecule has 90 valence electrons. The third-order valence-corrected chi connectivity index (χ3v) is 5.17. The summed E-state index contributed by atoms with van der Waals surface area (Å²) in [6.45, 7) is 2.08. The quantitative estimate of drug-likeness (QED) is 0.612. The van der Waals surface area contributed by atoms with Crippen LogP contribution in [0.1, 0.15) is 5.56 Å². The molecule has 1 nitrogen and oxygen atoms in total. The van der Waals surface area contributed by atoms with Crippen molar-refractivity contribution in [2.45, 2.75) is 6.92 Å². The average molecular weight is 318 g/mol. The molecule has 0 fully saturated rings. The minimum Gasteiger partial charge on any atom is -0.398 e. The fourth-order valence-electron chi connectivity index (χ4n) is 2.18. The van der Waals surface area contributed by atoms with Crippen LogP contribution >= 0.6 is 27.3 Å². The van der Waals surface area contributed by atoms with Gasteiger partial charge in [-0.3, -0.25) is 0 Å². The number of thiophene rings is 1. The van der Waals surface area contributed by atoms with Crippen LogP contribution in [0, 0.1) is 6.92 Å². The van der Waals surface area contributed by atoms with Gasteiger partial charge >= 0.3 is 0 Å². The molecule has 3 aromatic rings. The topological polar surface area (TPSA) is 26.0 Å². The number of rotatable bonds is 1. The van der Waals surface area contributed by atoms with Gasteiger partial charge in [-0.1, -0.05) is 24.3 Å². The normalized spacial score (nSPS) is 11.0. The van der Waals surface area contributed by atoms with E-state index in [0.29, 0.717) is 0 Å². The van der Waals surface area contributed by atoms with Crippen LogP contribution in [0.5, 0.6) is 0 Å². The molecular formula is C15H12BrNS. The first-order valence-corrected chi connectivity index (χ1v) is 7.37. The molecule has 0 atom stereocenters. The van der Waals surface area contributed by atoms with Gasteiger partial charge in [-0.05, 0) is 51.5 Å². The number of benzene rings is 2. The van der Waals surface area contributed by atoms with Gasteiger partial charge in [0.15, 0.2) is 0 Å². The Morgan fingerprint density at radius 2 is 1.83 bits per heavy atom. The Morgan fingerprint density at radius 1 is 1.06 bits per heavy atom. The van der Waals surface area contributed by atoms with E-state index in [9.17, 15) is 0 Å². The second-order valence-corrected chi connectivity index (χ2v) is 6.02. The Morgan fingerprint density at radius 3 is 2.67 bits per heavy atom. The van der Waals surface area contributed by atoms with Crippen molar-refractivity contribution in [3.63, 3.8) is 0 Å². The second-order valence-electron chi connectivity index (χ2n) is 4.29. The van der Waals surface area contributed by atoms with E-state index >= 15 is 0 Å². The maximum absolute atomic E-state index is 5.99. The Hall–Kier alpha value is -1.32. The number of fused-ring (bicyclic) bond motifs is 1. The van der Waals surface area contributed by atoms with Gasteiger partial charge in [0.25, 0.3) is 0 Å². The SMILES string of the molecule is Cc1c(N)cccc1-c1csc2c(Br)cccc12. The first-order valence-electron chi connectivity index (χ1n) is 5.69. The van der Waals surface area contributed by atoms with E-state index in [2.05, 4.69) is 52.5 Å². The van der Waals surface area contributed by atoms with Gasteiger partial charge in [0.05, 0.1) is 0 Å². The van der Waals surface area contributed by atoms with Crippen LogP contribution < -0.4 is 5.73 Å². The predicted octanol–water partition coefficient (Wildman–Crippen LogP) is 5.22. The number of nitrogens with two attached hydrogens (primary N) is 1. The lowest BCUT2D eigenvalue weighted by molar-refractivity contribution is 1.47. The lowest BCUT2D eigenvalue weighted by atomic mass is 9.99. The van der Waals surface area contributed by atoms with Gasteiger partial charge in [0, 0.05) is 25.8 Å². The molecule has 0 amide bonds. The van der Waals surface area contributed by atoms with E-state index in [4.69, 9.17) is 5.73 Å². The van der Waals surface area contributed by atoms with Crippen LogP contribution in [0.15, 0.2) is 46.3 Å². The molecule has 0 unspecified atom stereocenters. The Kier molecular flexibility index (Phi) is 2.88. The molecule has 1 aromatic heterocycles. The highest BCUT2D eigenvalue weighted by atomic mass is 79.9. The number of hydrogen-bond donors (Lipinski definition) is 1. The Balaban J connectivity index is 2.33. The van der Waals surface area contributed by atoms with E-state index < -0.39 is 0 Å². The highest BCUT2D eigenvalue weighted by molar-refractivity contribution is 9.10. The summed E-state index contributed by atoms with van der Waals surface area (Å²) in [5.41, 5.74) is 10.5. The van der Waals surface area contributed by atoms with Gasteiger partial charge in [0.1, 0.15) is 0 Å². The third-order valence-electron chi connectivity index (χ3n) is 3.22. The average Bonchev–Trinajstić information content (AvgIpc) is 2.78. The summed E-state index contributed by atoms with van der Waals surface area (Å²) in [5, 5.41) is 3.49. The van der Waals surface area contributed by atoms with Crippen molar-refractivity contribution in [3.05, 3.63) is 51.8 Å². The number of halogens is 1. The molecule has 2 aromatic carbocycles. The van der Waals surface area contributed by atoms with Crippen LogP contribution in [0.3, 0.4) is 0 Å². The molecule has 0 radical (unpaired) electrons. The summed E-state index contributed by atoms with van der Waals surface area (Å²) in [6, 6.07) is 12.4. The summed E-state index contributed by atoms with van der Waals surface area (Å²) in [4.78, 5) is 0. The fraction of sp³-hybridized carbons (Fsp3) is 0.0667. The largest absolute Gasteiger partial charge is 0.398 e. The molecule has 3 rings (SSSR count). The van der Waals surface area contributed by atoms with Crippen molar-refractivity contribution in [2.24, 2.45) is 0 Å². The van der Waals surface area contributed by atoms with Crippen molar-refractivity contribution in [1.29, 1.82) is 0 Å². The van der Waals surface area contributed by atoms with Crippen LogP contribution in [0.2, 0.25) is 0 Å².